The van der Waals surface area contributed by atoms with Crippen molar-refractivity contribution in [3.63, 3.8) is 0 Å². The Bertz CT molecular complexity index is 644. The first-order valence-corrected chi connectivity index (χ1v) is 6.49. The van der Waals surface area contributed by atoms with Crippen LogP contribution in [0.4, 0.5) is 10.1 Å². The fraction of sp³-hybridized carbons (Fsp3) is 0.188. The Kier molecular flexibility index (Phi) is 3.14. The number of benzene rings is 2. The summed E-state index contributed by atoms with van der Waals surface area (Å²) < 4.78 is 13.9. The van der Waals surface area contributed by atoms with Crippen molar-refractivity contribution >= 4 is 11.7 Å². The van der Waals surface area contributed by atoms with Crippen LogP contribution in [0.5, 0.6) is 0 Å². The van der Waals surface area contributed by atoms with E-state index in [1.807, 2.05) is 12.1 Å². The Hall–Kier alpha value is -2.36. The summed E-state index contributed by atoms with van der Waals surface area (Å²) in [4.78, 5) is 10.8. The lowest BCUT2D eigenvalue weighted by atomic mass is 10.1. The molecule has 0 bridgehead atoms. The van der Waals surface area contributed by atoms with Crippen molar-refractivity contribution in [2.45, 2.75) is 18.9 Å². The standard InChI is InChI=1S/C16H14FNO2/c17-14-9-12(16(19)20)5-6-15(14)18-13-7-10-3-1-2-4-11(10)8-13/h1-6,9,13,18H,7-8H2,(H,19,20). The van der Waals surface area contributed by atoms with Gasteiger partial charge in [0.15, 0.2) is 0 Å². The topological polar surface area (TPSA) is 49.3 Å². The number of hydrogen-bond acceptors (Lipinski definition) is 2. The van der Waals surface area contributed by atoms with E-state index in [1.54, 1.807) is 0 Å². The van der Waals surface area contributed by atoms with Crippen LogP contribution in [0.25, 0.3) is 0 Å². The van der Waals surface area contributed by atoms with Crippen molar-refractivity contribution in [3.05, 3.63) is 65.0 Å². The normalized spacial score (nSPS) is 14.1. The van der Waals surface area contributed by atoms with Crippen LogP contribution >= 0.6 is 0 Å². The fourth-order valence-electron chi connectivity index (χ4n) is 2.65. The number of aromatic carboxylic acids is 1. The van der Waals surface area contributed by atoms with Crippen molar-refractivity contribution in [2.24, 2.45) is 0 Å². The second kappa shape index (κ2) is 4.96. The Labute approximate surface area is 116 Å². The van der Waals surface area contributed by atoms with Gasteiger partial charge in [0.1, 0.15) is 5.82 Å². The van der Waals surface area contributed by atoms with Gasteiger partial charge in [0, 0.05) is 6.04 Å². The number of carboxylic acid groups (broad SMARTS) is 1. The first kappa shape index (κ1) is 12.7. The third-order valence-corrected chi connectivity index (χ3v) is 3.63. The molecule has 0 radical (unpaired) electrons. The van der Waals surface area contributed by atoms with Crippen LogP contribution < -0.4 is 5.32 Å². The van der Waals surface area contributed by atoms with Gasteiger partial charge in [-0.15, -0.1) is 0 Å². The van der Waals surface area contributed by atoms with Crippen LogP contribution in [-0.2, 0) is 12.8 Å². The van der Waals surface area contributed by atoms with E-state index >= 15 is 0 Å². The predicted molar refractivity (Wildman–Crippen MR) is 74.6 cm³/mol. The van der Waals surface area contributed by atoms with Crippen molar-refractivity contribution in [1.82, 2.24) is 0 Å². The molecule has 102 valence electrons. The minimum atomic E-state index is -1.12. The molecule has 2 aromatic rings. The monoisotopic (exact) mass is 271 g/mol. The molecule has 0 aliphatic heterocycles. The van der Waals surface area contributed by atoms with E-state index in [1.165, 1.54) is 23.3 Å². The third-order valence-electron chi connectivity index (χ3n) is 3.63. The third kappa shape index (κ3) is 2.37. The number of hydrogen-bond donors (Lipinski definition) is 2. The second-order valence-corrected chi connectivity index (χ2v) is 5.02. The SMILES string of the molecule is O=C(O)c1ccc(NC2Cc3ccccc3C2)c(F)c1. The molecule has 0 saturated heterocycles. The van der Waals surface area contributed by atoms with Gasteiger partial charge in [-0.1, -0.05) is 24.3 Å². The number of carboxylic acids is 1. The molecule has 1 aliphatic rings. The van der Waals surface area contributed by atoms with E-state index in [0.717, 1.165) is 18.9 Å². The fourth-order valence-corrected chi connectivity index (χ4v) is 2.65. The van der Waals surface area contributed by atoms with E-state index in [4.69, 9.17) is 5.11 Å². The summed E-state index contributed by atoms with van der Waals surface area (Å²) in [6.45, 7) is 0. The van der Waals surface area contributed by atoms with Crippen LogP contribution in [0.2, 0.25) is 0 Å². The van der Waals surface area contributed by atoms with Gasteiger partial charge in [0.25, 0.3) is 0 Å². The van der Waals surface area contributed by atoms with Crippen molar-refractivity contribution < 1.29 is 14.3 Å². The Balaban J connectivity index is 1.75. The van der Waals surface area contributed by atoms with Gasteiger partial charge in [-0.25, -0.2) is 9.18 Å². The van der Waals surface area contributed by atoms with Gasteiger partial charge in [-0.05, 0) is 42.2 Å². The largest absolute Gasteiger partial charge is 0.478 e. The highest BCUT2D eigenvalue weighted by Gasteiger charge is 2.21. The maximum atomic E-state index is 13.9. The van der Waals surface area contributed by atoms with Crippen molar-refractivity contribution in [2.75, 3.05) is 5.32 Å². The highest BCUT2D eigenvalue weighted by atomic mass is 19.1. The number of halogens is 1. The Morgan fingerprint density at radius 1 is 1.15 bits per heavy atom. The number of carbonyl (C=O) groups is 1. The Morgan fingerprint density at radius 3 is 2.35 bits per heavy atom. The Morgan fingerprint density at radius 2 is 1.80 bits per heavy atom. The summed E-state index contributed by atoms with van der Waals surface area (Å²) in [6.07, 6.45) is 1.71. The average molecular weight is 271 g/mol. The molecular weight excluding hydrogens is 257 g/mol. The summed E-state index contributed by atoms with van der Waals surface area (Å²) in [6, 6.07) is 12.3. The molecule has 0 atom stereocenters. The molecule has 2 aromatic carbocycles. The van der Waals surface area contributed by atoms with Crippen LogP contribution in [0.3, 0.4) is 0 Å². The number of anilines is 1. The molecule has 2 N–H and O–H groups in total. The molecule has 0 spiro atoms. The van der Waals surface area contributed by atoms with Gasteiger partial charge >= 0.3 is 5.97 Å². The van der Waals surface area contributed by atoms with Gasteiger partial charge in [0.2, 0.25) is 0 Å². The minimum Gasteiger partial charge on any atom is -0.478 e. The zero-order valence-corrected chi connectivity index (χ0v) is 10.8. The van der Waals surface area contributed by atoms with E-state index < -0.39 is 11.8 Å². The van der Waals surface area contributed by atoms with E-state index in [-0.39, 0.29) is 11.6 Å². The summed E-state index contributed by atoms with van der Waals surface area (Å²) in [5.74, 6) is -1.65. The summed E-state index contributed by atoms with van der Waals surface area (Å²) in [5, 5.41) is 12.0. The smallest absolute Gasteiger partial charge is 0.335 e. The number of rotatable bonds is 3. The first-order valence-electron chi connectivity index (χ1n) is 6.49. The average Bonchev–Trinajstić information content (AvgIpc) is 2.83. The summed E-state index contributed by atoms with van der Waals surface area (Å²) in [5.41, 5.74) is 2.88. The molecular formula is C16H14FNO2. The highest BCUT2D eigenvalue weighted by Crippen LogP contribution is 2.25. The van der Waals surface area contributed by atoms with Gasteiger partial charge in [-0.2, -0.15) is 0 Å². The van der Waals surface area contributed by atoms with E-state index in [0.29, 0.717) is 5.69 Å². The van der Waals surface area contributed by atoms with Crippen molar-refractivity contribution in [3.8, 4) is 0 Å². The first-order chi connectivity index (χ1) is 9.63. The molecule has 0 aromatic heterocycles. The van der Waals surface area contributed by atoms with Crippen LogP contribution in [0, 0.1) is 5.82 Å². The molecule has 3 rings (SSSR count). The molecule has 0 saturated carbocycles. The second-order valence-electron chi connectivity index (χ2n) is 5.02. The molecule has 1 aliphatic carbocycles. The van der Waals surface area contributed by atoms with Crippen molar-refractivity contribution in [1.29, 1.82) is 0 Å². The molecule has 0 fully saturated rings. The highest BCUT2D eigenvalue weighted by molar-refractivity contribution is 5.88. The lowest BCUT2D eigenvalue weighted by Crippen LogP contribution is -2.20. The summed E-state index contributed by atoms with van der Waals surface area (Å²) >= 11 is 0. The molecule has 0 heterocycles. The molecule has 3 nitrogen and oxygen atoms in total. The van der Waals surface area contributed by atoms with Crippen LogP contribution in [-0.4, -0.2) is 17.1 Å². The zero-order chi connectivity index (χ0) is 14.1. The van der Waals surface area contributed by atoms with E-state index in [9.17, 15) is 9.18 Å². The molecule has 4 heteroatoms. The number of fused-ring (bicyclic) bond motifs is 1. The van der Waals surface area contributed by atoms with Gasteiger partial charge in [0.05, 0.1) is 11.3 Å². The number of nitrogens with one attached hydrogen (secondary N) is 1. The molecule has 0 amide bonds. The molecule has 20 heavy (non-hydrogen) atoms. The van der Waals surface area contributed by atoms with Crippen LogP contribution in [0.15, 0.2) is 42.5 Å². The van der Waals surface area contributed by atoms with E-state index in [2.05, 4.69) is 17.4 Å². The maximum Gasteiger partial charge on any atom is 0.335 e. The van der Waals surface area contributed by atoms with Crippen LogP contribution in [0.1, 0.15) is 21.5 Å². The lowest BCUT2D eigenvalue weighted by molar-refractivity contribution is 0.0696. The quantitative estimate of drug-likeness (QED) is 0.901. The molecule has 0 unspecified atom stereocenters. The summed E-state index contributed by atoms with van der Waals surface area (Å²) in [7, 11) is 0. The minimum absolute atomic E-state index is 0.0391. The lowest BCUT2D eigenvalue weighted by Gasteiger charge is -2.14. The van der Waals surface area contributed by atoms with Gasteiger partial charge < -0.3 is 10.4 Å². The zero-order valence-electron chi connectivity index (χ0n) is 10.8. The maximum absolute atomic E-state index is 13.9. The predicted octanol–water partition coefficient (Wildman–Crippen LogP) is 3.10. The van der Waals surface area contributed by atoms with Gasteiger partial charge in [-0.3, -0.25) is 0 Å².